The van der Waals surface area contributed by atoms with Gasteiger partial charge in [-0.15, -0.1) is 0 Å². The number of rotatable bonds is 3. The Bertz CT molecular complexity index is 1170. The van der Waals surface area contributed by atoms with Crippen LogP contribution in [0, 0.1) is 11.6 Å². The van der Waals surface area contributed by atoms with Crippen LogP contribution in [-0.4, -0.2) is 36.2 Å². The number of morpholine rings is 1. The monoisotopic (exact) mass is 435 g/mol. The Labute approximate surface area is 185 Å². The molecule has 0 N–H and O–H groups in total. The van der Waals surface area contributed by atoms with Gasteiger partial charge >= 0.3 is 0 Å². The summed E-state index contributed by atoms with van der Waals surface area (Å²) in [5.74, 6) is -0.599. The predicted molar refractivity (Wildman–Crippen MR) is 119 cm³/mol. The molecular weight excluding hydrogens is 412 g/mol. The number of carbonyl (C=O) groups is 1. The Hall–Kier alpha value is -3.32. The van der Waals surface area contributed by atoms with E-state index >= 15 is 0 Å². The van der Waals surface area contributed by atoms with Gasteiger partial charge in [-0.3, -0.25) is 4.79 Å². The second-order valence-electron chi connectivity index (χ2n) is 8.38. The number of aromatic nitrogens is 1. The minimum atomic E-state index is -0.649. The highest BCUT2D eigenvalue weighted by Gasteiger charge is 2.31. The molecule has 1 amide bonds. The van der Waals surface area contributed by atoms with Gasteiger partial charge in [-0.05, 0) is 55.3 Å². The van der Waals surface area contributed by atoms with Crippen molar-refractivity contribution in [1.82, 2.24) is 4.98 Å². The van der Waals surface area contributed by atoms with E-state index < -0.39 is 11.6 Å². The van der Waals surface area contributed by atoms with Crippen molar-refractivity contribution in [3.8, 4) is 11.1 Å². The van der Waals surface area contributed by atoms with E-state index in [0.29, 0.717) is 23.4 Å². The number of pyridine rings is 1. The van der Waals surface area contributed by atoms with Gasteiger partial charge in [0.05, 0.1) is 30.6 Å². The summed E-state index contributed by atoms with van der Waals surface area (Å²) in [5, 5.41) is 0. The first-order valence-electron chi connectivity index (χ1n) is 10.7. The third-order valence-electron chi connectivity index (χ3n) is 5.98. The number of carbonyl (C=O) groups excluding carboxylic acids is 1. The molecule has 7 heteroatoms. The molecule has 5 nitrogen and oxygen atoms in total. The molecule has 2 aliphatic heterocycles. The van der Waals surface area contributed by atoms with Gasteiger partial charge in [-0.25, -0.2) is 13.8 Å². The molecule has 0 bridgehead atoms. The molecule has 2 aromatic carbocycles. The van der Waals surface area contributed by atoms with Crippen molar-refractivity contribution >= 4 is 17.4 Å². The minimum absolute atomic E-state index is 0.125. The summed E-state index contributed by atoms with van der Waals surface area (Å²) in [5.41, 5.74) is 2.79. The molecule has 3 aromatic rings. The number of anilines is 2. The molecule has 0 unspecified atom stereocenters. The number of fused-ring (bicyclic) bond motifs is 1. The maximum absolute atomic E-state index is 14.4. The van der Waals surface area contributed by atoms with Crippen molar-refractivity contribution in [2.75, 3.05) is 22.9 Å². The third-order valence-corrected chi connectivity index (χ3v) is 5.98. The molecule has 2 aliphatic rings. The lowest BCUT2D eigenvalue weighted by molar-refractivity contribution is -0.00545. The minimum Gasteiger partial charge on any atom is -0.372 e. The third kappa shape index (κ3) is 3.62. The van der Waals surface area contributed by atoms with Crippen LogP contribution < -0.4 is 9.80 Å². The highest BCUT2D eigenvalue weighted by Crippen LogP contribution is 2.36. The average Bonchev–Trinajstić information content (AvgIpc) is 3.10. The largest absolute Gasteiger partial charge is 0.372 e. The first-order valence-corrected chi connectivity index (χ1v) is 10.7. The van der Waals surface area contributed by atoms with Gasteiger partial charge in [-0.1, -0.05) is 12.1 Å². The van der Waals surface area contributed by atoms with Crippen LogP contribution in [0.1, 0.15) is 29.8 Å². The Balaban J connectivity index is 1.43. The predicted octanol–water partition coefficient (Wildman–Crippen LogP) is 4.80. The maximum atomic E-state index is 14.4. The van der Waals surface area contributed by atoms with Gasteiger partial charge in [-0.2, -0.15) is 0 Å². The van der Waals surface area contributed by atoms with Crippen LogP contribution in [0.25, 0.3) is 11.1 Å². The fourth-order valence-electron chi connectivity index (χ4n) is 4.59. The SMILES string of the molecule is C[C@@H]1CN(c2ccc(N3Cc4c(cccc4-c4ccc(F)cc4F)C3=O)cn2)C[C@H](C)O1. The molecule has 0 aliphatic carbocycles. The lowest BCUT2D eigenvalue weighted by Crippen LogP contribution is -2.45. The molecule has 2 atom stereocenters. The van der Waals surface area contributed by atoms with E-state index in [1.54, 1.807) is 29.3 Å². The summed E-state index contributed by atoms with van der Waals surface area (Å²) in [6, 6.07) is 12.5. The van der Waals surface area contributed by atoms with Gasteiger partial charge < -0.3 is 14.5 Å². The first-order chi connectivity index (χ1) is 15.4. The van der Waals surface area contributed by atoms with Crippen LogP contribution in [-0.2, 0) is 11.3 Å². The zero-order valence-electron chi connectivity index (χ0n) is 17.9. The molecular formula is C25H23F2N3O2. The lowest BCUT2D eigenvalue weighted by Gasteiger charge is -2.36. The van der Waals surface area contributed by atoms with Crippen molar-refractivity contribution in [3.05, 3.63) is 77.5 Å². The highest BCUT2D eigenvalue weighted by atomic mass is 19.1. The topological polar surface area (TPSA) is 45.7 Å². The van der Waals surface area contributed by atoms with E-state index in [1.807, 2.05) is 26.0 Å². The Kier molecular flexibility index (Phi) is 5.13. The van der Waals surface area contributed by atoms with E-state index in [-0.39, 0.29) is 23.7 Å². The first kappa shape index (κ1) is 20.6. The summed E-state index contributed by atoms with van der Waals surface area (Å²) in [6.45, 7) is 5.90. The van der Waals surface area contributed by atoms with E-state index in [2.05, 4.69) is 9.88 Å². The van der Waals surface area contributed by atoms with E-state index in [4.69, 9.17) is 4.74 Å². The van der Waals surface area contributed by atoms with Gasteiger partial charge in [0.15, 0.2) is 0 Å². The number of benzene rings is 2. The molecule has 5 rings (SSSR count). The van der Waals surface area contributed by atoms with Crippen LogP contribution in [0.15, 0.2) is 54.7 Å². The molecule has 3 heterocycles. The quantitative estimate of drug-likeness (QED) is 0.593. The maximum Gasteiger partial charge on any atom is 0.259 e. The van der Waals surface area contributed by atoms with Gasteiger partial charge in [0, 0.05) is 30.3 Å². The number of ether oxygens (including phenoxy) is 1. The molecule has 0 saturated carbocycles. The second kappa shape index (κ2) is 7.98. The lowest BCUT2D eigenvalue weighted by atomic mass is 9.96. The van der Waals surface area contributed by atoms with Crippen molar-refractivity contribution in [3.63, 3.8) is 0 Å². The molecule has 164 valence electrons. The summed E-state index contributed by atoms with van der Waals surface area (Å²) < 4.78 is 33.6. The van der Waals surface area contributed by atoms with E-state index in [0.717, 1.165) is 30.5 Å². The van der Waals surface area contributed by atoms with Crippen molar-refractivity contribution in [1.29, 1.82) is 0 Å². The fraction of sp³-hybridized carbons (Fsp3) is 0.280. The molecule has 1 fully saturated rings. The molecule has 1 aromatic heterocycles. The van der Waals surface area contributed by atoms with E-state index in [9.17, 15) is 13.6 Å². The summed E-state index contributed by atoms with van der Waals surface area (Å²) in [6.07, 6.45) is 1.95. The Morgan fingerprint density at radius 3 is 2.41 bits per heavy atom. The molecule has 0 radical (unpaired) electrons. The summed E-state index contributed by atoms with van der Waals surface area (Å²) in [4.78, 5) is 21.5. The zero-order valence-corrected chi connectivity index (χ0v) is 17.9. The summed E-state index contributed by atoms with van der Waals surface area (Å²) >= 11 is 0. The van der Waals surface area contributed by atoms with Crippen molar-refractivity contribution in [2.45, 2.75) is 32.6 Å². The fourth-order valence-corrected chi connectivity index (χ4v) is 4.59. The summed E-state index contributed by atoms with van der Waals surface area (Å²) in [7, 11) is 0. The van der Waals surface area contributed by atoms with Gasteiger partial charge in [0.2, 0.25) is 0 Å². The van der Waals surface area contributed by atoms with E-state index in [1.165, 1.54) is 12.1 Å². The number of hydrogen-bond donors (Lipinski definition) is 0. The normalized spacial score (nSPS) is 20.6. The van der Waals surface area contributed by atoms with Crippen LogP contribution >= 0.6 is 0 Å². The van der Waals surface area contributed by atoms with Crippen LogP contribution in [0.2, 0.25) is 0 Å². The van der Waals surface area contributed by atoms with Crippen molar-refractivity contribution < 1.29 is 18.3 Å². The van der Waals surface area contributed by atoms with Crippen LogP contribution in [0.5, 0.6) is 0 Å². The van der Waals surface area contributed by atoms with Crippen LogP contribution in [0.4, 0.5) is 20.3 Å². The average molecular weight is 435 g/mol. The standard InChI is InChI=1S/C25H23F2N3O2/c1-15-12-29(13-16(2)32-15)24-9-7-18(11-28-24)30-14-22-19(4-3-5-21(22)25(30)31)20-8-6-17(26)10-23(20)27/h3-11,15-16H,12-14H2,1-2H3/t15-,16+. The van der Waals surface area contributed by atoms with Gasteiger partial charge in [0.25, 0.3) is 5.91 Å². The number of hydrogen-bond acceptors (Lipinski definition) is 4. The number of amides is 1. The molecule has 32 heavy (non-hydrogen) atoms. The second-order valence-corrected chi connectivity index (χ2v) is 8.38. The smallest absolute Gasteiger partial charge is 0.259 e. The zero-order chi connectivity index (χ0) is 22.4. The number of nitrogens with zero attached hydrogens (tertiary/aromatic N) is 3. The molecule has 1 saturated heterocycles. The molecule has 0 spiro atoms. The Morgan fingerprint density at radius 1 is 0.969 bits per heavy atom. The van der Waals surface area contributed by atoms with Gasteiger partial charge in [0.1, 0.15) is 17.5 Å². The van der Waals surface area contributed by atoms with Crippen LogP contribution in [0.3, 0.4) is 0 Å². The number of halogens is 2. The Morgan fingerprint density at radius 2 is 1.72 bits per heavy atom. The highest BCUT2D eigenvalue weighted by molar-refractivity contribution is 6.11. The van der Waals surface area contributed by atoms with Crippen molar-refractivity contribution in [2.24, 2.45) is 0 Å².